The first-order chi connectivity index (χ1) is 6.88. The van der Waals surface area contributed by atoms with Crippen LogP contribution in [0.5, 0.6) is 0 Å². The molecule has 15 heavy (non-hydrogen) atoms. The fourth-order valence-corrected chi connectivity index (χ4v) is 1.21. The lowest BCUT2D eigenvalue weighted by Crippen LogP contribution is -2.49. The van der Waals surface area contributed by atoms with Crippen LogP contribution in [0, 0.1) is 5.92 Å². The Morgan fingerprint density at radius 2 is 1.73 bits per heavy atom. The fourth-order valence-electron chi connectivity index (χ4n) is 1.21. The lowest BCUT2D eigenvalue weighted by atomic mass is 10.0. The van der Waals surface area contributed by atoms with Crippen molar-refractivity contribution in [2.45, 2.75) is 46.2 Å². The van der Waals surface area contributed by atoms with Crippen molar-refractivity contribution in [3.05, 3.63) is 0 Å². The van der Waals surface area contributed by atoms with Crippen LogP contribution in [0.25, 0.3) is 0 Å². The van der Waals surface area contributed by atoms with Crippen molar-refractivity contribution < 1.29 is 14.7 Å². The minimum Gasteiger partial charge on any atom is -0.480 e. The van der Waals surface area contributed by atoms with E-state index in [2.05, 4.69) is 10.6 Å². The molecule has 0 spiro atoms. The maximum absolute atomic E-state index is 11.3. The number of carbonyl (C=O) groups excluding carboxylic acids is 1. The van der Waals surface area contributed by atoms with Crippen LogP contribution in [-0.2, 0) is 4.79 Å². The molecule has 0 aliphatic heterocycles. The van der Waals surface area contributed by atoms with Gasteiger partial charge in [-0.1, -0.05) is 20.8 Å². The molecule has 2 amide bonds. The highest BCUT2D eigenvalue weighted by molar-refractivity contribution is 5.82. The summed E-state index contributed by atoms with van der Waals surface area (Å²) in [4.78, 5) is 21.8. The van der Waals surface area contributed by atoms with Crippen LogP contribution in [0.3, 0.4) is 0 Å². The molecule has 0 aliphatic rings. The molecule has 0 aromatic rings. The molecule has 0 heterocycles. The van der Waals surface area contributed by atoms with Crippen LogP contribution < -0.4 is 10.6 Å². The van der Waals surface area contributed by atoms with Gasteiger partial charge < -0.3 is 15.7 Å². The number of nitrogens with one attached hydrogen (secondary N) is 2. The van der Waals surface area contributed by atoms with Gasteiger partial charge in [0.1, 0.15) is 6.04 Å². The average molecular weight is 216 g/mol. The number of carboxylic acids is 1. The molecule has 88 valence electrons. The fraction of sp³-hybridized carbons (Fsp3) is 0.800. The van der Waals surface area contributed by atoms with Crippen LogP contribution in [0.15, 0.2) is 0 Å². The molecule has 0 aromatic heterocycles. The third-order valence-corrected chi connectivity index (χ3v) is 2.28. The van der Waals surface area contributed by atoms with Gasteiger partial charge in [0.05, 0.1) is 0 Å². The molecule has 2 atom stereocenters. The van der Waals surface area contributed by atoms with E-state index in [1.165, 1.54) is 6.92 Å². The highest BCUT2D eigenvalue weighted by atomic mass is 16.4. The Bertz CT molecular complexity index is 229. The van der Waals surface area contributed by atoms with Gasteiger partial charge in [0.2, 0.25) is 0 Å². The van der Waals surface area contributed by atoms with E-state index in [1.807, 2.05) is 20.8 Å². The third kappa shape index (κ3) is 5.24. The summed E-state index contributed by atoms with van der Waals surface area (Å²) in [5, 5.41) is 13.7. The summed E-state index contributed by atoms with van der Waals surface area (Å²) < 4.78 is 0. The molecule has 3 N–H and O–H groups in total. The standard InChI is InChI=1S/C10H20N2O3/c1-5-8(6(2)3)12-10(15)11-7(4)9(13)14/h6-8H,5H2,1-4H3,(H,13,14)(H2,11,12,15)/t7-,8?/m1/s1. The number of carbonyl (C=O) groups is 2. The maximum Gasteiger partial charge on any atom is 0.325 e. The molecule has 1 unspecified atom stereocenters. The van der Waals surface area contributed by atoms with Gasteiger partial charge >= 0.3 is 12.0 Å². The minimum absolute atomic E-state index is 0.0750. The highest BCUT2D eigenvalue weighted by Crippen LogP contribution is 2.04. The first-order valence-corrected chi connectivity index (χ1v) is 5.18. The molecule has 5 heteroatoms. The van der Waals surface area contributed by atoms with E-state index in [0.29, 0.717) is 5.92 Å². The first-order valence-electron chi connectivity index (χ1n) is 5.18. The van der Waals surface area contributed by atoms with Gasteiger partial charge in [0.25, 0.3) is 0 Å². The van der Waals surface area contributed by atoms with Crippen molar-refractivity contribution in [1.82, 2.24) is 10.6 Å². The summed E-state index contributed by atoms with van der Waals surface area (Å²) >= 11 is 0. The zero-order chi connectivity index (χ0) is 12.0. The van der Waals surface area contributed by atoms with Gasteiger partial charge in [-0.25, -0.2) is 4.79 Å². The lowest BCUT2D eigenvalue weighted by molar-refractivity contribution is -0.138. The summed E-state index contributed by atoms with van der Waals surface area (Å²) in [6, 6.07) is -1.22. The summed E-state index contributed by atoms with van der Waals surface area (Å²) in [6.07, 6.45) is 0.826. The predicted molar refractivity (Wildman–Crippen MR) is 57.7 cm³/mol. The largest absolute Gasteiger partial charge is 0.480 e. The van der Waals surface area contributed by atoms with Crippen LogP contribution in [0.1, 0.15) is 34.1 Å². The maximum atomic E-state index is 11.3. The quantitative estimate of drug-likeness (QED) is 0.646. The van der Waals surface area contributed by atoms with Crippen LogP contribution in [0.2, 0.25) is 0 Å². The van der Waals surface area contributed by atoms with Gasteiger partial charge in [0, 0.05) is 6.04 Å². The molecular weight excluding hydrogens is 196 g/mol. The molecule has 0 radical (unpaired) electrons. The third-order valence-electron chi connectivity index (χ3n) is 2.28. The van der Waals surface area contributed by atoms with E-state index in [0.717, 1.165) is 6.42 Å². The zero-order valence-electron chi connectivity index (χ0n) is 9.70. The molecule has 0 rings (SSSR count). The number of aliphatic carboxylic acids is 1. The summed E-state index contributed by atoms with van der Waals surface area (Å²) in [6.45, 7) is 7.42. The van der Waals surface area contributed by atoms with E-state index in [-0.39, 0.29) is 6.04 Å². The average Bonchev–Trinajstić information content (AvgIpc) is 2.13. The topological polar surface area (TPSA) is 78.4 Å². The number of hydrogen-bond acceptors (Lipinski definition) is 2. The molecule has 5 nitrogen and oxygen atoms in total. The number of hydrogen-bond donors (Lipinski definition) is 3. The number of rotatable bonds is 5. The Labute approximate surface area is 90.2 Å². The molecule has 0 fully saturated rings. The van der Waals surface area contributed by atoms with Gasteiger partial charge in [0.15, 0.2) is 0 Å². The Morgan fingerprint density at radius 1 is 1.20 bits per heavy atom. The van der Waals surface area contributed by atoms with Gasteiger partial charge in [-0.15, -0.1) is 0 Å². The SMILES string of the molecule is CCC(NC(=O)N[C@H](C)C(=O)O)C(C)C. The Hall–Kier alpha value is -1.26. The number of amides is 2. The van der Waals surface area contributed by atoms with Gasteiger partial charge in [-0.3, -0.25) is 4.79 Å². The Morgan fingerprint density at radius 3 is 2.07 bits per heavy atom. The van der Waals surface area contributed by atoms with Gasteiger partial charge in [-0.05, 0) is 19.3 Å². The van der Waals surface area contributed by atoms with Crippen molar-refractivity contribution in [3.8, 4) is 0 Å². The Kier molecular flexibility index (Phi) is 5.74. The van der Waals surface area contributed by atoms with Crippen LogP contribution >= 0.6 is 0 Å². The van der Waals surface area contributed by atoms with E-state index in [4.69, 9.17) is 5.11 Å². The second-order valence-corrected chi connectivity index (χ2v) is 3.94. The lowest BCUT2D eigenvalue weighted by Gasteiger charge is -2.21. The van der Waals surface area contributed by atoms with Crippen molar-refractivity contribution in [2.75, 3.05) is 0 Å². The predicted octanol–water partition coefficient (Wildman–Crippen LogP) is 1.19. The molecule has 0 saturated heterocycles. The second-order valence-electron chi connectivity index (χ2n) is 3.94. The molecule has 0 saturated carbocycles. The molecule has 0 bridgehead atoms. The normalized spacial score (nSPS) is 14.5. The van der Waals surface area contributed by atoms with E-state index in [9.17, 15) is 9.59 Å². The second kappa shape index (κ2) is 6.27. The monoisotopic (exact) mass is 216 g/mol. The van der Waals surface area contributed by atoms with Crippen molar-refractivity contribution in [1.29, 1.82) is 0 Å². The first kappa shape index (κ1) is 13.7. The van der Waals surface area contributed by atoms with Crippen molar-refractivity contribution >= 4 is 12.0 Å². The van der Waals surface area contributed by atoms with E-state index in [1.54, 1.807) is 0 Å². The minimum atomic E-state index is -1.04. The van der Waals surface area contributed by atoms with E-state index < -0.39 is 18.0 Å². The molecule has 0 aromatic carbocycles. The number of urea groups is 1. The molecular formula is C10H20N2O3. The van der Waals surface area contributed by atoms with Gasteiger partial charge in [-0.2, -0.15) is 0 Å². The molecule has 0 aliphatic carbocycles. The van der Waals surface area contributed by atoms with Crippen LogP contribution in [0.4, 0.5) is 4.79 Å². The highest BCUT2D eigenvalue weighted by Gasteiger charge is 2.17. The zero-order valence-corrected chi connectivity index (χ0v) is 9.70. The summed E-state index contributed by atoms with van der Waals surface area (Å²) in [5.74, 6) is -0.705. The number of carboxylic acid groups (broad SMARTS) is 1. The van der Waals surface area contributed by atoms with Crippen molar-refractivity contribution in [3.63, 3.8) is 0 Å². The van der Waals surface area contributed by atoms with Crippen molar-refractivity contribution in [2.24, 2.45) is 5.92 Å². The van der Waals surface area contributed by atoms with E-state index >= 15 is 0 Å². The summed E-state index contributed by atoms with van der Waals surface area (Å²) in [7, 11) is 0. The summed E-state index contributed by atoms with van der Waals surface area (Å²) in [5.41, 5.74) is 0. The van der Waals surface area contributed by atoms with Crippen LogP contribution in [-0.4, -0.2) is 29.2 Å². The smallest absolute Gasteiger partial charge is 0.325 e. The Balaban J connectivity index is 4.07.